The number of hydrogen-bond acceptors (Lipinski definition) is 1. The number of hydrogen-bond donors (Lipinski definition) is 0. The maximum atomic E-state index is 2.62. The molecule has 7 aromatic rings. The van der Waals surface area contributed by atoms with Crippen LogP contribution in [0.3, 0.4) is 0 Å². The first-order valence-corrected chi connectivity index (χ1v) is 19.0. The first kappa shape index (κ1) is 31.6. The van der Waals surface area contributed by atoms with Gasteiger partial charge < -0.3 is 9.47 Å². The minimum absolute atomic E-state index is 0.0568. The van der Waals surface area contributed by atoms with Gasteiger partial charge in [0.1, 0.15) is 0 Å². The predicted molar refractivity (Wildman–Crippen MR) is 224 cm³/mol. The van der Waals surface area contributed by atoms with Crippen LogP contribution < -0.4 is 4.90 Å². The highest BCUT2D eigenvalue weighted by Crippen LogP contribution is 2.50. The molecule has 2 nitrogen and oxygen atoms in total. The summed E-state index contributed by atoms with van der Waals surface area (Å²) in [5.74, 6) is 0.345. The van der Waals surface area contributed by atoms with Crippen molar-refractivity contribution in [3.63, 3.8) is 0 Å². The fraction of sp³-hybridized carbons (Fsp3) is 0.137. The van der Waals surface area contributed by atoms with Crippen molar-refractivity contribution >= 4 is 33.1 Å². The molecule has 6 aromatic carbocycles. The first-order chi connectivity index (χ1) is 26.0. The summed E-state index contributed by atoms with van der Waals surface area (Å²) >= 11 is 0. The number of benzene rings is 6. The van der Waals surface area contributed by atoms with Crippen LogP contribution in [0.2, 0.25) is 0 Å². The van der Waals surface area contributed by atoms with Crippen LogP contribution in [-0.2, 0) is 5.41 Å². The molecule has 0 bridgehead atoms. The summed E-state index contributed by atoms with van der Waals surface area (Å²) in [7, 11) is 0. The van der Waals surface area contributed by atoms with Crippen LogP contribution >= 0.6 is 0 Å². The number of allylic oxidation sites excluding steroid dienone is 6. The summed E-state index contributed by atoms with van der Waals surface area (Å²) in [5, 5.41) is 2.57. The van der Waals surface area contributed by atoms with E-state index in [0.717, 1.165) is 12.8 Å². The lowest BCUT2D eigenvalue weighted by molar-refractivity contribution is 0.657. The topological polar surface area (TPSA) is 8.17 Å². The van der Waals surface area contributed by atoms with Crippen LogP contribution in [0, 0.1) is 0 Å². The molecule has 10 rings (SSSR count). The summed E-state index contributed by atoms with van der Waals surface area (Å²) in [4.78, 5) is 2.62. The smallest absolute Gasteiger partial charge is 0.0557 e. The number of para-hydroxylation sites is 2. The average Bonchev–Trinajstić information content (AvgIpc) is 3.67. The molecule has 0 amide bonds. The Kier molecular flexibility index (Phi) is 7.47. The van der Waals surface area contributed by atoms with Gasteiger partial charge in [0.15, 0.2) is 0 Å². The van der Waals surface area contributed by atoms with Crippen molar-refractivity contribution in [3.05, 3.63) is 210 Å². The highest BCUT2D eigenvalue weighted by molar-refractivity contribution is 6.10. The zero-order valence-electron chi connectivity index (χ0n) is 30.3. The van der Waals surface area contributed by atoms with Gasteiger partial charge in [0.05, 0.1) is 17.1 Å². The number of anilines is 1. The van der Waals surface area contributed by atoms with E-state index in [9.17, 15) is 0 Å². The lowest BCUT2D eigenvalue weighted by Gasteiger charge is -2.38. The quantitative estimate of drug-likeness (QED) is 0.169. The van der Waals surface area contributed by atoms with E-state index in [0.29, 0.717) is 5.92 Å². The second kappa shape index (κ2) is 12.5. The molecule has 0 fully saturated rings. The average molecular weight is 683 g/mol. The summed E-state index contributed by atoms with van der Waals surface area (Å²) in [6, 6.07) is 53.8. The number of rotatable bonds is 6. The molecule has 2 atom stereocenters. The van der Waals surface area contributed by atoms with E-state index in [1.807, 2.05) is 0 Å². The molecule has 1 heterocycles. The van der Waals surface area contributed by atoms with E-state index >= 15 is 0 Å². The second-order valence-electron chi connectivity index (χ2n) is 15.3. The van der Waals surface area contributed by atoms with Gasteiger partial charge in [-0.1, -0.05) is 147 Å². The molecular formula is C51H42N2. The van der Waals surface area contributed by atoms with Gasteiger partial charge >= 0.3 is 0 Å². The molecule has 0 N–H and O–H groups in total. The van der Waals surface area contributed by atoms with E-state index < -0.39 is 0 Å². The van der Waals surface area contributed by atoms with Crippen molar-refractivity contribution in [3.8, 4) is 16.8 Å². The fourth-order valence-electron chi connectivity index (χ4n) is 9.20. The third kappa shape index (κ3) is 5.24. The van der Waals surface area contributed by atoms with Crippen molar-refractivity contribution in [2.75, 3.05) is 4.90 Å². The summed E-state index contributed by atoms with van der Waals surface area (Å²) in [5.41, 5.74) is 15.7. The van der Waals surface area contributed by atoms with Gasteiger partial charge in [0.2, 0.25) is 0 Å². The number of fused-ring (bicyclic) bond motifs is 6. The Labute approximate surface area is 312 Å². The van der Waals surface area contributed by atoms with Crippen molar-refractivity contribution in [2.24, 2.45) is 0 Å². The molecule has 0 saturated heterocycles. The number of nitrogens with zero attached hydrogens (tertiary/aromatic N) is 2. The lowest BCUT2D eigenvalue weighted by atomic mass is 9.82. The third-order valence-electron chi connectivity index (χ3n) is 11.9. The van der Waals surface area contributed by atoms with Crippen molar-refractivity contribution < 1.29 is 0 Å². The molecule has 0 radical (unpaired) electrons. The highest BCUT2D eigenvalue weighted by Gasteiger charge is 2.36. The van der Waals surface area contributed by atoms with Crippen LogP contribution in [0.1, 0.15) is 54.9 Å². The minimum Gasteiger partial charge on any atom is -0.338 e. The Bertz CT molecular complexity index is 2650. The maximum absolute atomic E-state index is 2.62. The molecule has 3 aliphatic rings. The fourth-order valence-corrected chi connectivity index (χ4v) is 9.20. The van der Waals surface area contributed by atoms with E-state index in [2.05, 4.69) is 205 Å². The molecule has 256 valence electrons. The third-order valence-corrected chi connectivity index (χ3v) is 11.9. The molecule has 2 heteroatoms. The zero-order chi connectivity index (χ0) is 35.5. The van der Waals surface area contributed by atoms with Gasteiger partial charge in [0.25, 0.3) is 0 Å². The molecule has 1 aromatic heterocycles. The molecule has 3 aliphatic carbocycles. The molecule has 53 heavy (non-hydrogen) atoms. The van der Waals surface area contributed by atoms with Gasteiger partial charge in [0, 0.05) is 39.2 Å². The summed E-state index contributed by atoms with van der Waals surface area (Å²) in [6.07, 6.45) is 16.1. The van der Waals surface area contributed by atoms with Gasteiger partial charge in [-0.25, -0.2) is 0 Å². The Hall–Kier alpha value is -6.12. The van der Waals surface area contributed by atoms with Crippen molar-refractivity contribution in [2.45, 2.75) is 44.1 Å². The van der Waals surface area contributed by atoms with Crippen LogP contribution in [0.4, 0.5) is 5.69 Å². The normalized spacial score (nSPS) is 18.5. The lowest BCUT2D eigenvalue weighted by Crippen LogP contribution is -2.35. The molecule has 0 spiro atoms. The van der Waals surface area contributed by atoms with Crippen molar-refractivity contribution in [1.29, 1.82) is 0 Å². The van der Waals surface area contributed by atoms with Gasteiger partial charge in [-0.3, -0.25) is 0 Å². The van der Waals surface area contributed by atoms with E-state index in [4.69, 9.17) is 0 Å². The minimum atomic E-state index is -0.0568. The van der Waals surface area contributed by atoms with Gasteiger partial charge in [-0.05, 0) is 100 Å². The van der Waals surface area contributed by atoms with Crippen LogP contribution in [-0.4, -0.2) is 10.6 Å². The Morgan fingerprint density at radius 1 is 0.642 bits per heavy atom. The van der Waals surface area contributed by atoms with Gasteiger partial charge in [-0.15, -0.1) is 0 Å². The second-order valence-corrected chi connectivity index (χ2v) is 15.3. The van der Waals surface area contributed by atoms with Crippen LogP contribution in [0.5, 0.6) is 0 Å². The Balaban J connectivity index is 1.02. The zero-order valence-corrected chi connectivity index (χ0v) is 30.3. The Morgan fingerprint density at radius 2 is 1.38 bits per heavy atom. The predicted octanol–water partition coefficient (Wildman–Crippen LogP) is 12.9. The monoisotopic (exact) mass is 682 g/mol. The summed E-state index contributed by atoms with van der Waals surface area (Å²) in [6.45, 7) is 4.76. The first-order valence-electron chi connectivity index (χ1n) is 19.0. The van der Waals surface area contributed by atoms with Crippen LogP contribution in [0.15, 0.2) is 188 Å². The molecule has 0 aliphatic heterocycles. The van der Waals surface area contributed by atoms with E-state index in [-0.39, 0.29) is 11.5 Å². The van der Waals surface area contributed by atoms with E-state index in [1.165, 1.54) is 77.8 Å². The molecule has 2 unspecified atom stereocenters. The standard InChI is InChI=1S/C51H42N2/c1-51(2)47-22-11-9-20-43(47)44-30-29-42(34-48(44)51)52(41-19-13-16-37(32-41)35-14-5-3-6-15-35)40-27-24-36(25-28-40)38-26-31-50-46(33-38)45-21-10-12-23-49(45)53(50)39-17-7-4-8-18-39/h3-27,29-31,33-34,37,40H,28,32H2,1-2H3. The van der Waals surface area contributed by atoms with Crippen LogP contribution in [0.25, 0.3) is 44.2 Å². The summed E-state index contributed by atoms with van der Waals surface area (Å²) < 4.78 is 2.39. The van der Waals surface area contributed by atoms with Gasteiger partial charge in [-0.2, -0.15) is 0 Å². The Morgan fingerprint density at radius 3 is 2.21 bits per heavy atom. The number of aromatic nitrogens is 1. The molecule has 0 saturated carbocycles. The van der Waals surface area contributed by atoms with E-state index in [1.54, 1.807) is 0 Å². The maximum Gasteiger partial charge on any atom is 0.0557 e. The largest absolute Gasteiger partial charge is 0.338 e. The highest BCUT2D eigenvalue weighted by atomic mass is 15.2. The van der Waals surface area contributed by atoms with Crippen molar-refractivity contribution in [1.82, 2.24) is 4.57 Å². The molecular weight excluding hydrogens is 641 g/mol. The SMILES string of the molecule is CC1(C)c2ccccc2-c2ccc(N(C3=CC=CC(c4ccccc4)C3)C3C=CC(c4ccc5c(c4)c4ccccc4n5-c4ccccc4)=CC3)cc21.